The average Bonchev–Trinajstić information content (AvgIpc) is 2.82. The normalized spacial score (nSPS) is 10.7. The van der Waals surface area contributed by atoms with Gasteiger partial charge in [-0.15, -0.1) is 0 Å². The van der Waals surface area contributed by atoms with Crippen molar-refractivity contribution >= 4 is 16.5 Å². The van der Waals surface area contributed by atoms with Gasteiger partial charge in [0, 0.05) is 11.6 Å². The highest BCUT2D eigenvalue weighted by Gasteiger charge is 2.15. The molecule has 2 aromatic heterocycles. The first-order chi connectivity index (χ1) is 9.63. The summed E-state index contributed by atoms with van der Waals surface area (Å²) in [5.74, 6) is -0.319. The third kappa shape index (κ3) is 2.30. The van der Waals surface area contributed by atoms with Crippen LogP contribution in [0.25, 0.3) is 21.8 Å². The zero-order chi connectivity index (χ0) is 14.1. The molecule has 3 aromatic rings. The molecule has 0 unspecified atom stereocenters. The molecule has 0 aliphatic carbocycles. The largest absolute Gasteiger partial charge is 0.375 e. The van der Waals surface area contributed by atoms with Crippen molar-refractivity contribution in [2.75, 3.05) is 5.73 Å². The summed E-state index contributed by atoms with van der Waals surface area (Å²) in [6.07, 6.45) is 0. The van der Waals surface area contributed by atoms with Crippen molar-refractivity contribution in [2.45, 2.75) is 0 Å². The van der Waals surface area contributed by atoms with Gasteiger partial charge in [-0.1, -0.05) is 11.3 Å². The van der Waals surface area contributed by atoms with Crippen LogP contribution in [0.3, 0.4) is 0 Å². The number of halogens is 1. The minimum atomic E-state index is -0.319. The number of hydrogen-bond acceptors (Lipinski definition) is 5. The van der Waals surface area contributed by atoms with Crippen molar-refractivity contribution in [2.24, 2.45) is 0 Å². The Morgan fingerprint density at radius 2 is 1.90 bits per heavy atom. The SMILES string of the molecule is Nc1nc(-c2ccc(F)cc2)c(-c2ccc(=O)[nH]n2)s1. The van der Waals surface area contributed by atoms with E-state index in [0.29, 0.717) is 16.5 Å². The molecule has 0 aliphatic rings. The van der Waals surface area contributed by atoms with E-state index in [1.165, 1.54) is 29.5 Å². The lowest BCUT2D eigenvalue weighted by molar-refractivity contribution is 0.628. The van der Waals surface area contributed by atoms with Gasteiger partial charge in [-0.05, 0) is 30.3 Å². The summed E-state index contributed by atoms with van der Waals surface area (Å²) < 4.78 is 13.0. The van der Waals surface area contributed by atoms with Crippen molar-refractivity contribution in [1.29, 1.82) is 0 Å². The topological polar surface area (TPSA) is 84.7 Å². The maximum absolute atomic E-state index is 13.0. The zero-order valence-electron chi connectivity index (χ0n) is 10.1. The molecule has 2 heterocycles. The Morgan fingerprint density at radius 1 is 1.15 bits per heavy atom. The second-order valence-corrected chi connectivity index (χ2v) is 5.07. The van der Waals surface area contributed by atoms with Crippen LogP contribution in [0.1, 0.15) is 0 Å². The molecule has 0 fully saturated rings. The van der Waals surface area contributed by atoms with Gasteiger partial charge >= 0.3 is 0 Å². The highest BCUT2D eigenvalue weighted by atomic mass is 32.1. The van der Waals surface area contributed by atoms with E-state index < -0.39 is 0 Å². The number of aromatic amines is 1. The fraction of sp³-hybridized carbons (Fsp3) is 0. The van der Waals surface area contributed by atoms with Crippen LogP contribution in [-0.4, -0.2) is 15.2 Å². The van der Waals surface area contributed by atoms with Gasteiger partial charge in [0.1, 0.15) is 11.5 Å². The molecule has 0 radical (unpaired) electrons. The molecule has 0 amide bonds. The molecule has 0 atom stereocenters. The molecule has 5 nitrogen and oxygen atoms in total. The monoisotopic (exact) mass is 288 g/mol. The summed E-state index contributed by atoms with van der Waals surface area (Å²) in [7, 11) is 0. The van der Waals surface area contributed by atoms with Gasteiger partial charge in [0.15, 0.2) is 5.13 Å². The van der Waals surface area contributed by atoms with Gasteiger partial charge in [-0.2, -0.15) is 5.10 Å². The third-order valence-electron chi connectivity index (χ3n) is 2.67. The van der Waals surface area contributed by atoms with Crippen molar-refractivity contribution in [1.82, 2.24) is 15.2 Å². The van der Waals surface area contributed by atoms with E-state index in [0.717, 1.165) is 10.4 Å². The van der Waals surface area contributed by atoms with Crippen molar-refractivity contribution < 1.29 is 4.39 Å². The molecule has 0 saturated carbocycles. The molecule has 1 aromatic carbocycles. The fourth-order valence-electron chi connectivity index (χ4n) is 1.78. The first kappa shape index (κ1) is 12.5. The summed E-state index contributed by atoms with van der Waals surface area (Å²) in [5.41, 5.74) is 7.39. The molecule has 0 bridgehead atoms. The zero-order valence-corrected chi connectivity index (χ0v) is 10.9. The molecule has 3 rings (SSSR count). The molecular formula is C13H9FN4OS. The average molecular weight is 288 g/mol. The predicted molar refractivity (Wildman–Crippen MR) is 75.8 cm³/mol. The van der Waals surface area contributed by atoms with E-state index >= 15 is 0 Å². The lowest BCUT2D eigenvalue weighted by Crippen LogP contribution is -2.05. The number of nitrogen functional groups attached to an aromatic ring is 1. The molecule has 0 saturated heterocycles. The Kier molecular flexibility index (Phi) is 3.03. The van der Waals surface area contributed by atoms with Crippen LogP contribution < -0.4 is 11.3 Å². The standard InChI is InChI=1S/C13H9FN4OS/c14-8-3-1-7(2-4-8)11-12(20-13(15)16-11)9-5-6-10(19)18-17-9/h1-6H,(H2,15,16)(H,18,19). The number of thiazole rings is 1. The van der Waals surface area contributed by atoms with Gasteiger partial charge in [-0.3, -0.25) is 4.79 Å². The number of nitrogens with two attached hydrogens (primary N) is 1. The van der Waals surface area contributed by atoms with Gasteiger partial charge in [0.2, 0.25) is 0 Å². The summed E-state index contributed by atoms with van der Waals surface area (Å²) >= 11 is 1.26. The Morgan fingerprint density at radius 3 is 2.55 bits per heavy atom. The molecule has 0 spiro atoms. The number of nitrogens with one attached hydrogen (secondary N) is 1. The quantitative estimate of drug-likeness (QED) is 0.757. The van der Waals surface area contributed by atoms with Gasteiger partial charge in [0.25, 0.3) is 5.56 Å². The maximum atomic E-state index is 13.0. The van der Waals surface area contributed by atoms with E-state index in [1.807, 2.05) is 0 Å². The smallest absolute Gasteiger partial charge is 0.264 e. The third-order valence-corrected chi connectivity index (χ3v) is 3.58. The second kappa shape index (κ2) is 4.86. The number of aromatic nitrogens is 3. The van der Waals surface area contributed by atoms with E-state index in [-0.39, 0.29) is 11.4 Å². The maximum Gasteiger partial charge on any atom is 0.264 e. The van der Waals surface area contributed by atoms with E-state index in [9.17, 15) is 9.18 Å². The van der Waals surface area contributed by atoms with E-state index in [1.54, 1.807) is 18.2 Å². The Hall–Kier alpha value is -2.54. The Labute approximate surface area is 116 Å². The van der Waals surface area contributed by atoms with Crippen LogP contribution in [0.4, 0.5) is 9.52 Å². The highest BCUT2D eigenvalue weighted by molar-refractivity contribution is 7.19. The van der Waals surface area contributed by atoms with Crippen LogP contribution in [0, 0.1) is 5.82 Å². The van der Waals surface area contributed by atoms with Crippen molar-refractivity contribution in [3.8, 4) is 21.8 Å². The number of benzene rings is 1. The first-order valence-corrected chi connectivity index (χ1v) is 6.53. The van der Waals surface area contributed by atoms with Gasteiger partial charge < -0.3 is 5.73 Å². The summed E-state index contributed by atoms with van der Waals surface area (Å²) in [5, 5.41) is 6.72. The number of anilines is 1. The van der Waals surface area contributed by atoms with Crippen LogP contribution in [0.15, 0.2) is 41.2 Å². The molecule has 7 heteroatoms. The van der Waals surface area contributed by atoms with E-state index in [2.05, 4.69) is 15.2 Å². The highest BCUT2D eigenvalue weighted by Crippen LogP contribution is 2.36. The number of hydrogen-bond donors (Lipinski definition) is 2. The Bertz CT molecular complexity index is 789. The van der Waals surface area contributed by atoms with Crippen molar-refractivity contribution in [3.63, 3.8) is 0 Å². The number of nitrogens with zero attached hydrogens (tertiary/aromatic N) is 2. The minimum absolute atomic E-state index is 0.283. The van der Waals surface area contributed by atoms with E-state index in [4.69, 9.17) is 5.73 Å². The number of rotatable bonds is 2. The molecule has 0 aliphatic heterocycles. The summed E-state index contributed by atoms with van der Waals surface area (Å²) in [6, 6.07) is 8.94. The van der Waals surface area contributed by atoms with Crippen LogP contribution >= 0.6 is 11.3 Å². The van der Waals surface area contributed by atoms with Gasteiger partial charge in [-0.25, -0.2) is 14.5 Å². The Balaban J connectivity index is 2.15. The second-order valence-electron chi connectivity index (χ2n) is 4.04. The molecule has 3 N–H and O–H groups in total. The fourth-order valence-corrected chi connectivity index (χ4v) is 2.61. The molecule has 100 valence electrons. The van der Waals surface area contributed by atoms with Crippen LogP contribution in [0.2, 0.25) is 0 Å². The van der Waals surface area contributed by atoms with Crippen molar-refractivity contribution in [3.05, 3.63) is 52.6 Å². The van der Waals surface area contributed by atoms with Gasteiger partial charge in [0.05, 0.1) is 10.6 Å². The summed E-state index contributed by atoms with van der Waals surface area (Å²) in [4.78, 5) is 16.0. The van der Waals surface area contributed by atoms with Crippen LogP contribution in [-0.2, 0) is 0 Å². The number of H-pyrrole nitrogens is 1. The molecule has 20 heavy (non-hydrogen) atoms. The predicted octanol–water partition coefficient (Wildman–Crippen LogP) is 2.28. The summed E-state index contributed by atoms with van der Waals surface area (Å²) in [6.45, 7) is 0. The lowest BCUT2D eigenvalue weighted by atomic mass is 10.1. The first-order valence-electron chi connectivity index (χ1n) is 5.72. The van der Waals surface area contributed by atoms with Crippen LogP contribution in [0.5, 0.6) is 0 Å². The minimum Gasteiger partial charge on any atom is -0.375 e. The molecular weight excluding hydrogens is 279 g/mol. The lowest BCUT2D eigenvalue weighted by Gasteiger charge is -2.01.